The number of hydrogen-bond acceptors (Lipinski definition) is 6. The number of rotatable bonds is 2. The highest BCUT2D eigenvalue weighted by Crippen LogP contribution is 2.31. The van der Waals surface area contributed by atoms with Crippen molar-refractivity contribution in [2.75, 3.05) is 18.0 Å². The Labute approximate surface area is 125 Å². The lowest BCUT2D eigenvalue weighted by Gasteiger charge is -2.40. The molecule has 108 valence electrons. The topological polar surface area (TPSA) is 79.4 Å². The Morgan fingerprint density at radius 1 is 1.35 bits per heavy atom. The van der Waals surface area contributed by atoms with Crippen LogP contribution >= 0.6 is 15.9 Å². The third-order valence-electron chi connectivity index (χ3n) is 4.15. The Morgan fingerprint density at radius 3 is 2.70 bits per heavy atom. The molecule has 0 atom stereocenters. The lowest BCUT2D eigenvalue weighted by atomic mass is 9.82. The molecular formula is C12H17BrN6O. The molecule has 1 aliphatic rings. The molecule has 2 aromatic rings. The van der Waals surface area contributed by atoms with Crippen molar-refractivity contribution in [3.8, 4) is 0 Å². The molecule has 3 heterocycles. The van der Waals surface area contributed by atoms with E-state index in [0.29, 0.717) is 5.65 Å². The normalized spacial score (nSPS) is 18.9. The number of halogens is 1. The number of aromatic nitrogens is 5. The van der Waals surface area contributed by atoms with Crippen molar-refractivity contribution in [3.63, 3.8) is 0 Å². The summed E-state index contributed by atoms with van der Waals surface area (Å²) in [4.78, 5) is 6.53. The average Bonchev–Trinajstić information content (AvgIpc) is 2.91. The van der Waals surface area contributed by atoms with E-state index in [4.69, 9.17) is 0 Å². The zero-order valence-corrected chi connectivity index (χ0v) is 13.1. The second-order valence-electron chi connectivity index (χ2n) is 5.57. The van der Waals surface area contributed by atoms with Gasteiger partial charge in [-0.25, -0.2) is 4.98 Å². The molecule has 2 aromatic heterocycles. The monoisotopic (exact) mass is 340 g/mol. The molecule has 0 saturated carbocycles. The standard InChI is InChI=1S/C12H17BrN6O/c1-8(2)12(20)3-5-18(6-4-12)11-14-7-9(13)10-15-16-17-19(10)11/h7-8,20H,3-6H2,1-2H3. The van der Waals surface area contributed by atoms with E-state index >= 15 is 0 Å². The summed E-state index contributed by atoms with van der Waals surface area (Å²) in [5.74, 6) is 0.981. The van der Waals surface area contributed by atoms with Crippen LogP contribution in [0.2, 0.25) is 0 Å². The van der Waals surface area contributed by atoms with Gasteiger partial charge in [-0.3, -0.25) is 0 Å². The van der Waals surface area contributed by atoms with Crippen molar-refractivity contribution in [2.45, 2.75) is 32.3 Å². The van der Waals surface area contributed by atoms with Crippen LogP contribution in [0.3, 0.4) is 0 Å². The number of aliphatic hydroxyl groups is 1. The number of nitrogens with zero attached hydrogens (tertiary/aromatic N) is 6. The molecule has 0 amide bonds. The van der Waals surface area contributed by atoms with Crippen molar-refractivity contribution >= 4 is 27.5 Å². The maximum absolute atomic E-state index is 10.5. The quantitative estimate of drug-likeness (QED) is 0.886. The lowest BCUT2D eigenvalue weighted by Crippen LogP contribution is -2.48. The molecule has 1 fully saturated rings. The SMILES string of the molecule is CC(C)C1(O)CCN(c2ncc(Br)c3nnnn23)CC1. The van der Waals surface area contributed by atoms with Crippen molar-refractivity contribution in [1.29, 1.82) is 0 Å². The molecule has 20 heavy (non-hydrogen) atoms. The Bertz CT molecular complexity index is 619. The van der Waals surface area contributed by atoms with Crippen molar-refractivity contribution in [3.05, 3.63) is 10.7 Å². The van der Waals surface area contributed by atoms with Gasteiger partial charge in [0.1, 0.15) is 0 Å². The second-order valence-corrected chi connectivity index (χ2v) is 6.42. The Kier molecular flexibility index (Phi) is 3.37. The number of fused-ring (bicyclic) bond motifs is 1. The van der Waals surface area contributed by atoms with Crippen LogP contribution in [0.4, 0.5) is 5.95 Å². The molecule has 0 bridgehead atoms. The van der Waals surface area contributed by atoms with Gasteiger partial charge in [-0.2, -0.15) is 4.52 Å². The van der Waals surface area contributed by atoms with Gasteiger partial charge >= 0.3 is 0 Å². The van der Waals surface area contributed by atoms with Gasteiger partial charge in [0, 0.05) is 19.3 Å². The molecule has 0 radical (unpaired) electrons. The van der Waals surface area contributed by atoms with Gasteiger partial charge in [-0.05, 0) is 45.1 Å². The van der Waals surface area contributed by atoms with E-state index in [1.54, 1.807) is 10.7 Å². The minimum absolute atomic E-state index is 0.260. The van der Waals surface area contributed by atoms with Crippen LogP contribution in [0.5, 0.6) is 0 Å². The van der Waals surface area contributed by atoms with Crippen LogP contribution in [0.25, 0.3) is 5.65 Å². The van der Waals surface area contributed by atoms with Crippen molar-refractivity contribution < 1.29 is 5.11 Å². The number of piperidine rings is 1. The zero-order valence-electron chi connectivity index (χ0n) is 11.5. The third-order valence-corrected chi connectivity index (χ3v) is 4.71. The first kappa shape index (κ1) is 13.7. The van der Waals surface area contributed by atoms with Gasteiger partial charge in [0.2, 0.25) is 5.95 Å². The molecule has 0 aromatic carbocycles. The fourth-order valence-electron chi connectivity index (χ4n) is 2.58. The highest BCUT2D eigenvalue weighted by molar-refractivity contribution is 9.10. The van der Waals surface area contributed by atoms with Gasteiger partial charge in [-0.1, -0.05) is 13.8 Å². The van der Waals surface area contributed by atoms with Crippen LogP contribution in [0.15, 0.2) is 10.7 Å². The largest absolute Gasteiger partial charge is 0.389 e. The van der Waals surface area contributed by atoms with E-state index < -0.39 is 5.60 Å². The molecule has 3 rings (SSSR count). The first-order valence-electron chi connectivity index (χ1n) is 6.71. The van der Waals surface area contributed by atoms with Gasteiger partial charge in [0.25, 0.3) is 0 Å². The first-order chi connectivity index (χ1) is 9.51. The van der Waals surface area contributed by atoms with Crippen LogP contribution in [-0.2, 0) is 0 Å². The zero-order chi connectivity index (χ0) is 14.3. The van der Waals surface area contributed by atoms with Gasteiger partial charge in [-0.15, -0.1) is 5.10 Å². The van der Waals surface area contributed by atoms with Crippen LogP contribution < -0.4 is 4.90 Å². The Hall–Kier alpha value is -1.28. The maximum Gasteiger partial charge on any atom is 0.230 e. The Morgan fingerprint density at radius 2 is 2.05 bits per heavy atom. The molecule has 1 N–H and O–H groups in total. The number of hydrogen-bond donors (Lipinski definition) is 1. The second kappa shape index (κ2) is 4.92. The summed E-state index contributed by atoms with van der Waals surface area (Å²) in [5.41, 5.74) is 0.0747. The van der Waals surface area contributed by atoms with Gasteiger partial charge in [0.15, 0.2) is 5.65 Å². The fraction of sp³-hybridized carbons (Fsp3) is 0.667. The summed E-state index contributed by atoms with van der Waals surface area (Å²) >= 11 is 3.39. The molecule has 0 aliphatic carbocycles. The summed E-state index contributed by atoms with van der Waals surface area (Å²) in [7, 11) is 0. The van der Waals surface area contributed by atoms with Gasteiger partial charge < -0.3 is 10.0 Å². The summed E-state index contributed by atoms with van der Waals surface area (Å²) in [5, 5.41) is 22.2. The third kappa shape index (κ3) is 2.16. The van der Waals surface area contributed by atoms with Crippen molar-refractivity contribution in [2.24, 2.45) is 5.92 Å². The summed E-state index contributed by atoms with van der Waals surface area (Å²) in [6.07, 6.45) is 3.17. The highest BCUT2D eigenvalue weighted by atomic mass is 79.9. The smallest absolute Gasteiger partial charge is 0.230 e. The molecular weight excluding hydrogens is 324 g/mol. The van der Waals surface area contributed by atoms with Crippen LogP contribution in [0.1, 0.15) is 26.7 Å². The van der Waals surface area contributed by atoms with E-state index in [9.17, 15) is 5.11 Å². The van der Waals surface area contributed by atoms with E-state index in [2.05, 4.69) is 55.2 Å². The molecule has 1 aliphatic heterocycles. The minimum Gasteiger partial charge on any atom is -0.389 e. The summed E-state index contributed by atoms with van der Waals surface area (Å²) < 4.78 is 2.39. The number of anilines is 1. The predicted molar refractivity (Wildman–Crippen MR) is 77.5 cm³/mol. The average molecular weight is 341 g/mol. The number of tetrazole rings is 1. The van der Waals surface area contributed by atoms with Gasteiger partial charge in [0.05, 0.1) is 10.1 Å². The molecule has 1 saturated heterocycles. The van der Waals surface area contributed by atoms with Crippen LogP contribution in [0, 0.1) is 5.92 Å². The molecule has 7 nitrogen and oxygen atoms in total. The van der Waals surface area contributed by atoms with Crippen molar-refractivity contribution in [1.82, 2.24) is 25.0 Å². The van der Waals surface area contributed by atoms with E-state index in [-0.39, 0.29) is 5.92 Å². The minimum atomic E-state index is -0.578. The molecule has 0 spiro atoms. The highest BCUT2D eigenvalue weighted by Gasteiger charge is 2.36. The first-order valence-corrected chi connectivity index (χ1v) is 7.50. The maximum atomic E-state index is 10.5. The summed E-state index contributed by atoms with van der Waals surface area (Å²) in [6.45, 7) is 5.62. The fourth-order valence-corrected chi connectivity index (χ4v) is 2.93. The summed E-state index contributed by atoms with van der Waals surface area (Å²) in [6, 6.07) is 0. The molecule has 0 unspecified atom stereocenters. The Balaban J connectivity index is 1.87. The van der Waals surface area contributed by atoms with E-state index in [1.807, 2.05) is 0 Å². The lowest BCUT2D eigenvalue weighted by molar-refractivity contribution is -0.0264. The van der Waals surface area contributed by atoms with Crippen LogP contribution in [-0.4, -0.2) is 48.8 Å². The molecule has 8 heteroatoms. The van der Waals surface area contributed by atoms with E-state index in [1.165, 1.54) is 0 Å². The van der Waals surface area contributed by atoms with E-state index in [0.717, 1.165) is 36.4 Å². The predicted octanol–water partition coefficient (Wildman–Crippen LogP) is 1.27.